The van der Waals surface area contributed by atoms with Crippen LogP contribution in [0.15, 0.2) is 18.2 Å². The van der Waals surface area contributed by atoms with E-state index in [4.69, 9.17) is 4.74 Å². The first-order valence-corrected chi connectivity index (χ1v) is 7.71. The number of ether oxygens (including phenoxy) is 1. The molecular formula is C16H20N2O5. The number of benzene rings is 1. The molecule has 0 aromatic heterocycles. The van der Waals surface area contributed by atoms with Crippen molar-refractivity contribution < 1.29 is 19.2 Å². The number of hydrogen-bond donors (Lipinski definition) is 0. The number of rotatable bonds is 4. The van der Waals surface area contributed by atoms with Gasteiger partial charge < -0.3 is 9.64 Å². The standard InChI is InChI=1S/C16H20N2O5/c1-3-23-16(20)13-8-12(9-14(10-13)18(21)22)15(19)17-7-5-4-6-11(17)2/h8-11H,3-7H2,1-2H3. The molecule has 1 saturated heterocycles. The molecule has 124 valence electrons. The number of carbonyl (C=O) groups is 2. The van der Waals surface area contributed by atoms with E-state index in [0.29, 0.717) is 6.54 Å². The number of nitro benzene ring substituents is 1. The maximum Gasteiger partial charge on any atom is 0.338 e. The van der Waals surface area contributed by atoms with Crippen molar-refractivity contribution in [1.82, 2.24) is 4.90 Å². The molecule has 2 rings (SSSR count). The van der Waals surface area contributed by atoms with E-state index in [2.05, 4.69) is 0 Å². The fourth-order valence-electron chi connectivity index (χ4n) is 2.74. The SMILES string of the molecule is CCOC(=O)c1cc(C(=O)N2CCCCC2C)cc([N+](=O)[O-])c1. The number of non-ortho nitro benzene ring substituents is 1. The molecule has 0 bridgehead atoms. The van der Waals surface area contributed by atoms with Gasteiger partial charge in [0.1, 0.15) is 0 Å². The Labute approximate surface area is 134 Å². The highest BCUT2D eigenvalue weighted by Gasteiger charge is 2.26. The van der Waals surface area contributed by atoms with Gasteiger partial charge in [0.2, 0.25) is 0 Å². The van der Waals surface area contributed by atoms with Crippen LogP contribution >= 0.6 is 0 Å². The van der Waals surface area contributed by atoms with E-state index < -0.39 is 10.9 Å². The molecule has 1 fully saturated rings. The monoisotopic (exact) mass is 320 g/mol. The number of esters is 1. The lowest BCUT2D eigenvalue weighted by atomic mass is 10.0. The zero-order valence-corrected chi connectivity index (χ0v) is 13.3. The Morgan fingerprint density at radius 3 is 2.61 bits per heavy atom. The highest BCUT2D eigenvalue weighted by Crippen LogP contribution is 2.23. The highest BCUT2D eigenvalue weighted by atomic mass is 16.6. The predicted octanol–water partition coefficient (Wildman–Crippen LogP) is 2.79. The van der Waals surface area contributed by atoms with Crippen molar-refractivity contribution in [2.75, 3.05) is 13.2 Å². The second-order valence-electron chi connectivity index (χ2n) is 5.59. The summed E-state index contributed by atoms with van der Waals surface area (Å²) in [7, 11) is 0. The first-order valence-electron chi connectivity index (χ1n) is 7.71. The van der Waals surface area contributed by atoms with Crippen molar-refractivity contribution in [2.45, 2.75) is 39.2 Å². The van der Waals surface area contributed by atoms with E-state index >= 15 is 0 Å². The summed E-state index contributed by atoms with van der Waals surface area (Å²) in [5.41, 5.74) is -0.117. The van der Waals surface area contributed by atoms with E-state index in [9.17, 15) is 19.7 Å². The van der Waals surface area contributed by atoms with Crippen LogP contribution in [0.25, 0.3) is 0 Å². The maximum absolute atomic E-state index is 12.7. The van der Waals surface area contributed by atoms with Gasteiger partial charge in [-0.2, -0.15) is 0 Å². The minimum Gasteiger partial charge on any atom is -0.462 e. The third-order valence-electron chi connectivity index (χ3n) is 3.95. The summed E-state index contributed by atoms with van der Waals surface area (Å²) >= 11 is 0. The van der Waals surface area contributed by atoms with Crippen LogP contribution in [0.2, 0.25) is 0 Å². The molecule has 1 heterocycles. The summed E-state index contributed by atoms with van der Waals surface area (Å²) in [5, 5.41) is 11.1. The minimum absolute atomic E-state index is 0.0223. The van der Waals surface area contributed by atoms with Crippen molar-refractivity contribution in [3.63, 3.8) is 0 Å². The normalized spacial score (nSPS) is 17.7. The van der Waals surface area contributed by atoms with Gasteiger partial charge in [-0.25, -0.2) is 4.79 Å². The molecule has 23 heavy (non-hydrogen) atoms. The molecule has 1 atom stereocenters. The Hall–Kier alpha value is -2.44. The van der Waals surface area contributed by atoms with Crippen LogP contribution in [0.1, 0.15) is 53.8 Å². The quantitative estimate of drug-likeness (QED) is 0.483. The van der Waals surface area contributed by atoms with Gasteiger partial charge in [-0.1, -0.05) is 0 Å². The van der Waals surface area contributed by atoms with E-state index in [1.54, 1.807) is 11.8 Å². The van der Waals surface area contributed by atoms with Crippen LogP contribution < -0.4 is 0 Å². The topological polar surface area (TPSA) is 89.8 Å². The second kappa shape index (κ2) is 7.21. The van der Waals surface area contributed by atoms with Crippen molar-refractivity contribution >= 4 is 17.6 Å². The van der Waals surface area contributed by atoms with Gasteiger partial charge in [-0.3, -0.25) is 14.9 Å². The van der Waals surface area contributed by atoms with E-state index in [1.807, 2.05) is 6.92 Å². The molecule has 0 radical (unpaired) electrons. The van der Waals surface area contributed by atoms with Gasteiger partial charge in [0, 0.05) is 30.3 Å². The average molecular weight is 320 g/mol. The van der Waals surface area contributed by atoms with Crippen molar-refractivity contribution in [3.05, 3.63) is 39.4 Å². The summed E-state index contributed by atoms with van der Waals surface area (Å²) in [6.07, 6.45) is 2.88. The first kappa shape index (κ1) is 16.9. The Kier molecular flexibility index (Phi) is 5.31. The molecule has 7 heteroatoms. The smallest absolute Gasteiger partial charge is 0.338 e. The summed E-state index contributed by atoms with van der Waals surface area (Å²) < 4.78 is 4.88. The van der Waals surface area contributed by atoms with Crippen LogP contribution in [0.3, 0.4) is 0 Å². The average Bonchev–Trinajstić information content (AvgIpc) is 2.54. The first-order chi connectivity index (χ1) is 10.9. The minimum atomic E-state index is -0.669. The van der Waals surface area contributed by atoms with E-state index in [-0.39, 0.29) is 35.4 Å². The Bertz CT molecular complexity index is 629. The zero-order valence-electron chi connectivity index (χ0n) is 13.3. The number of piperidine rings is 1. The molecule has 0 aliphatic carbocycles. The van der Waals surface area contributed by atoms with Crippen LogP contribution in [-0.2, 0) is 4.74 Å². The van der Waals surface area contributed by atoms with E-state index in [0.717, 1.165) is 25.3 Å². The molecule has 1 aliphatic heterocycles. The van der Waals surface area contributed by atoms with Gasteiger partial charge in [-0.15, -0.1) is 0 Å². The molecule has 1 aliphatic rings. The molecule has 0 spiro atoms. The lowest BCUT2D eigenvalue weighted by Gasteiger charge is -2.33. The fourth-order valence-corrected chi connectivity index (χ4v) is 2.74. The number of amides is 1. The largest absolute Gasteiger partial charge is 0.462 e. The van der Waals surface area contributed by atoms with E-state index in [1.165, 1.54) is 12.1 Å². The lowest BCUT2D eigenvalue weighted by molar-refractivity contribution is -0.384. The van der Waals surface area contributed by atoms with Gasteiger partial charge in [0.05, 0.1) is 17.1 Å². The molecule has 1 aromatic carbocycles. The number of carbonyl (C=O) groups excluding carboxylic acids is 2. The molecular weight excluding hydrogens is 300 g/mol. The number of nitro groups is 1. The van der Waals surface area contributed by atoms with Crippen LogP contribution in [0.5, 0.6) is 0 Å². The Balaban J connectivity index is 2.38. The third-order valence-corrected chi connectivity index (χ3v) is 3.95. The molecule has 1 unspecified atom stereocenters. The number of nitrogens with zero attached hydrogens (tertiary/aromatic N) is 2. The molecule has 1 amide bonds. The maximum atomic E-state index is 12.7. The second-order valence-corrected chi connectivity index (χ2v) is 5.59. The summed E-state index contributed by atoms with van der Waals surface area (Å²) in [4.78, 5) is 36.7. The zero-order chi connectivity index (χ0) is 17.0. The fraction of sp³-hybridized carbons (Fsp3) is 0.500. The number of likely N-dealkylation sites (tertiary alicyclic amines) is 1. The molecule has 7 nitrogen and oxygen atoms in total. The molecule has 0 saturated carbocycles. The van der Waals surface area contributed by atoms with Crippen molar-refractivity contribution in [3.8, 4) is 0 Å². The lowest BCUT2D eigenvalue weighted by Crippen LogP contribution is -2.42. The highest BCUT2D eigenvalue weighted by molar-refractivity contribution is 5.99. The number of hydrogen-bond acceptors (Lipinski definition) is 5. The molecule has 0 N–H and O–H groups in total. The van der Waals surface area contributed by atoms with Crippen LogP contribution in [0.4, 0.5) is 5.69 Å². The van der Waals surface area contributed by atoms with Crippen molar-refractivity contribution in [1.29, 1.82) is 0 Å². The van der Waals surface area contributed by atoms with Gasteiger partial charge in [0.15, 0.2) is 0 Å². The Morgan fingerprint density at radius 1 is 1.30 bits per heavy atom. The van der Waals surface area contributed by atoms with Crippen LogP contribution in [-0.4, -0.2) is 40.9 Å². The Morgan fingerprint density at radius 2 is 2.00 bits per heavy atom. The van der Waals surface area contributed by atoms with Gasteiger partial charge in [0.25, 0.3) is 11.6 Å². The third kappa shape index (κ3) is 3.85. The van der Waals surface area contributed by atoms with Crippen LogP contribution in [0, 0.1) is 10.1 Å². The van der Waals surface area contributed by atoms with Gasteiger partial charge in [-0.05, 0) is 39.2 Å². The summed E-state index contributed by atoms with van der Waals surface area (Å²) in [6, 6.07) is 3.80. The van der Waals surface area contributed by atoms with Crippen molar-refractivity contribution in [2.24, 2.45) is 0 Å². The van der Waals surface area contributed by atoms with Gasteiger partial charge >= 0.3 is 5.97 Å². The predicted molar refractivity (Wildman–Crippen MR) is 83.4 cm³/mol. The summed E-state index contributed by atoms with van der Waals surface area (Å²) in [6.45, 7) is 4.39. The summed E-state index contributed by atoms with van der Waals surface area (Å²) in [5.74, 6) is -0.955. The molecule has 1 aromatic rings.